The van der Waals surface area contributed by atoms with Gasteiger partial charge in [-0.3, -0.25) is 9.29 Å². The molecule has 0 amide bonds. The zero-order chi connectivity index (χ0) is 20.6. The third-order valence-electron chi connectivity index (χ3n) is 4.91. The van der Waals surface area contributed by atoms with Gasteiger partial charge in [-0.05, 0) is 65.1 Å². The highest BCUT2D eigenvalue weighted by Crippen LogP contribution is 2.35. The molecule has 4 rings (SSSR count). The summed E-state index contributed by atoms with van der Waals surface area (Å²) in [6, 6.07) is 13.6. The van der Waals surface area contributed by atoms with Crippen LogP contribution in [-0.2, 0) is 28.4 Å². The summed E-state index contributed by atoms with van der Waals surface area (Å²) in [7, 11) is -3.71. The van der Waals surface area contributed by atoms with Gasteiger partial charge in [-0.25, -0.2) is 8.42 Å². The summed E-state index contributed by atoms with van der Waals surface area (Å²) in [4.78, 5) is 4.00. The van der Waals surface area contributed by atoms with Crippen molar-refractivity contribution in [2.24, 2.45) is 0 Å². The molecule has 29 heavy (non-hydrogen) atoms. The minimum Gasteiger partial charge on any atom is -0.269 e. The van der Waals surface area contributed by atoms with Gasteiger partial charge in [-0.2, -0.15) is 13.2 Å². The molecule has 0 spiro atoms. The Hall–Kier alpha value is -2.87. The van der Waals surface area contributed by atoms with Crippen LogP contribution in [0.1, 0.15) is 16.7 Å². The van der Waals surface area contributed by atoms with Crippen molar-refractivity contribution in [1.82, 2.24) is 4.98 Å². The van der Waals surface area contributed by atoms with Crippen molar-refractivity contribution in [2.75, 3.05) is 10.8 Å². The van der Waals surface area contributed by atoms with Gasteiger partial charge < -0.3 is 0 Å². The van der Waals surface area contributed by atoms with E-state index in [4.69, 9.17) is 0 Å². The number of aromatic nitrogens is 1. The first-order valence-corrected chi connectivity index (χ1v) is 10.5. The van der Waals surface area contributed by atoms with E-state index in [1.165, 1.54) is 16.4 Å². The number of benzene rings is 2. The zero-order valence-electron chi connectivity index (χ0n) is 15.2. The molecule has 1 aromatic heterocycles. The number of nitrogens with zero attached hydrogens (tertiary/aromatic N) is 2. The fourth-order valence-corrected chi connectivity index (χ4v) is 5.08. The van der Waals surface area contributed by atoms with Gasteiger partial charge in [0.2, 0.25) is 10.0 Å². The van der Waals surface area contributed by atoms with Crippen molar-refractivity contribution < 1.29 is 21.6 Å². The first kappa shape index (κ1) is 19.4. The van der Waals surface area contributed by atoms with Gasteiger partial charge in [0.15, 0.2) is 0 Å². The van der Waals surface area contributed by atoms with Crippen molar-refractivity contribution in [3.8, 4) is 11.1 Å². The molecule has 0 atom stereocenters. The Bertz CT molecular complexity index is 1130. The largest absolute Gasteiger partial charge is 0.416 e. The molecule has 0 radical (unpaired) electrons. The van der Waals surface area contributed by atoms with Crippen molar-refractivity contribution in [3.63, 3.8) is 0 Å². The number of hydrogen-bond acceptors (Lipinski definition) is 3. The average Bonchev–Trinajstić information content (AvgIpc) is 3.12. The highest BCUT2D eigenvalue weighted by atomic mass is 32.2. The van der Waals surface area contributed by atoms with E-state index in [1.54, 1.807) is 18.5 Å². The van der Waals surface area contributed by atoms with Crippen LogP contribution in [0.5, 0.6) is 0 Å². The highest BCUT2D eigenvalue weighted by molar-refractivity contribution is 7.92. The van der Waals surface area contributed by atoms with Crippen molar-refractivity contribution in [1.29, 1.82) is 0 Å². The van der Waals surface area contributed by atoms with E-state index < -0.39 is 21.8 Å². The zero-order valence-corrected chi connectivity index (χ0v) is 16.0. The van der Waals surface area contributed by atoms with Crippen LogP contribution in [0, 0.1) is 0 Å². The molecule has 2 heterocycles. The number of sulfonamides is 1. The average molecular weight is 418 g/mol. The van der Waals surface area contributed by atoms with Crippen LogP contribution in [0.15, 0.2) is 67.0 Å². The Morgan fingerprint density at radius 1 is 0.931 bits per heavy atom. The molecule has 1 aliphatic heterocycles. The SMILES string of the molecule is O=S(=O)(Cc1ccc(C(F)(F)F)cc1)N1CCc2cc(-c3ccncc3)ccc21. The minimum atomic E-state index is -4.45. The molecule has 0 bridgehead atoms. The molecule has 150 valence electrons. The first-order valence-electron chi connectivity index (χ1n) is 8.94. The van der Waals surface area contributed by atoms with Gasteiger partial charge in [-0.15, -0.1) is 0 Å². The summed E-state index contributed by atoms with van der Waals surface area (Å²) >= 11 is 0. The van der Waals surface area contributed by atoms with Crippen LogP contribution >= 0.6 is 0 Å². The molecular weight excluding hydrogens is 401 g/mol. The molecule has 0 saturated carbocycles. The van der Waals surface area contributed by atoms with Crippen molar-refractivity contribution >= 4 is 15.7 Å². The molecule has 2 aromatic carbocycles. The second kappa shape index (κ2) is 7.18. The molecule has 4 nitrogen and oxygen atoms in total. The van der Waals surface area contributed by atoms with E-state index in [0.29, 0.717) is 24.2 Å². The van der Waals surface area contributed by atoms with Gasteiger partial charge in [0.25, 0.3) is 0 Å². The maximum absolute atomic E-state index is 12.9. The van der Waals surface area contributed by atoms with Crippen LogP contribution in [0.2, 0.25) is 0 Å². The molecule has 0 unspecified atom stereocenters. The van der Waals surface area contributed by atoms with Crippen LogP contribution in [0.3, 0.4) is 0 Å². The molecule has 0 fully saturated rings. The number of rotatable bonds is 4. The number of alkyl halides is 3. The predicted molar refractivity (Wildman–Crippen MR) is 105 cm³/mol. The molecule has 0 N–H and O–H groups in total. The second-order valence-electron chi connectivity index (χ2n) is 6.85. The summed E-state index contributed by atoms with van der Waals surface area (Å²) in [5.41, 5.74) is 3.04. The fourth-order valence-electron chi connectivity index (χ4n) is 3.46. The third kappa shape index (κ3) is 3.98. The lowest BCUT2D eigenvalue weighted by Crippen LogP contribution is -2.30. The lowest BCUT2D eigenvalue weighted by Gasteiger charge is -2.20. The Kier molecular flexibility index (Phi) is 4.82. The van der Waals surface area contributed by atoms with Crippen LogP contribution < -0.4 is 4.31 Å². The molecule has 0 saturated heterocycles. The number of hydrogen-bond donors (Lipinski definition) is 0. The number of pyridine rings is 1. The topological polar surface area (TPSA) is 50.3 Å². The van der Waals surface area contributed by atoms with Crippen molar-refractivity contribution in [2.45, 2.75) is 18.3 Å². The minimum absolute atomic E-state index is 0.318. The Labute approximate surface area is 166 Å². The van der Waals surface area contributed by atoms with Crippen molar-refractivity contribution in [3.05, 3.63) is 83.7 Å². The predicted octanol–water partition coefficient (Wildman–Crippen LogP) is 4.66. The first-order chi connectivity index (χ1) is 13.7. The molecule has 3 aromatic rings. The van der Waals surface area contributed by atoms with Gasteiger partial charge in [0.05, 0.1) is 17.0 Å². The molecule has 1 aliphatic rings. The second-order valence-corrected chi connectivity index (χ2v) is 8.75. The summed E-state index contributed by atoms with van der Waals surface area (Å²) in [5.74, 6) is -0.351. The summed E-state index contributed by atoms with van der Waals surface area (Å²) in [5, 5.41) is 0. The van der Waals surface area contributed by atoms with E-state index in [0.717, 1.165) is 28.8 Å². The van der Waals surface area contributed by atoms with Crippen LogP contribution in [-0.4, -0.2) is 19.9 Å². The molecule has 8 heteroatoms. The normalized spacial score (nSPS) is 14.1. The quantitative estimate of drug-likeness (QED) is 0.619. The monoisotopic (exact) mass is 418 g/mol. The molecule has 0 aliphatic carbocycles. The van der Waals surface area contributed by atoms with E-state index >= 15 is 0 Å². The summed E-state index contributed by atoms with van der Waals surface area (Å²) in [6.07, 6.45) is -0.467. The number of fused-ring (bicyclic) bond motifs is 1. The Balaban J connectivity index is 1.57. The summed E-state index contributed by atoms with van der Waals surface area (Å²) < 4.78 is 65.2. The van der Waals surface area contributed by atoms with E-state index in [2.05, 4.69) is 4.98 Å². The lowest BCUT2D eigenvalue weighted by molar-refractivity contribution is -0.137. The highest BCUT2D eigenvalue weighted by Gasteiger charge is 2.32. The maximum atomic E-state index is 12.9. The van der Waals surface area contributed by atoms with Gasteiger partial charge in [-0.1, -0.05) is 18.2 Å². The van der Waals surface area contributed by atoms with Gasteiger partial charge in [0, 0.05) is 18.9 Å². The standard InChI is InChI=1S/C21H17F3N2O2S/c22-21(23,24)19-4-1-15(2-5-19)14-29(27,28)26-12-9-18-13-17(3-6-20(18)26)16-7-10-25-11-8-16/h1-8,10-11,13H,9,12,14H2. The number of anilines is 1. The van der Waals surface area contributed by atoms with Gasteiger partial charge in [0.1, 0.15) is 0 Å². The Morgan fingerprint density at radius 3 is 2.28 bits per heavy atom. The third-order valence-corrected chi connectivity index (χ3v) is 6.66. The maximum Gasteiger partial charge on any atom is 0.416 e. The van der Waals surface area contributed by atoms with E-state index in [1.807, 2.05) is 24.3 Å². The number of halogens is 3. The smallest absolute Gasteiger partial charge is 0.269 e. The van der Waals surface area contributed by atoms with Gasteiger partial charge >= 0.3 is 6.18 Å². The lowest BCUT2D eigenvalue weighted by atomic mass is 10.0. The fraction of sp³-hybridized carbons (Fsp3) is 0.190. The Morgan fingerprint density at radius 2 is 1.62 bits per heavy atom. The molecular formula is C21H17F3N2O2S. The van der Waals surface area contributed by atoms with E-state index in [-0.39, 0.29) is 5.75 Å². The van der Waals surface area contributed by atoms with Crippen LogP contribution in [0.4, 0.5) is 18.9 Å². The van der Waals surface area contributed by atoms with E-state index in [9.17, 15) is 21.6 Å². The van der Waals surface area contributed by atoms with Crippen LogP contribution in [0.25, 0.3) is 11.1 Å². The summed E-state index contributed by atoms with van der Waals surface area (Å²) in [6.45, 7) is 0.318.